The molecule has 1 N–H and O–H groups in total. The summed E-state index contributed by atoms with van der Waals surface area (Å²) in [6, 6.07) is 5.74. The van der Waals surface area contributed by atoms with Gasteiger partial charge in [-0.2, -0.15) is 0 Å². The lowest BCUT2D eigenvalue weighted by Crippen LogP contribution is -1.83. The molecule has 1 aromatic carbocycles. The quantitative estimate of drug-likeness (QED) is 0.762. The molecule has 0 atom stereocenters. The maximum atomic E-state index is 5.97. The molecular formula is C8H7ClN2S. The summed E-state index contributed by atoms with van der Waals surface area (Å²) in [6.45, 7) is 0. The number of hydrogen-bond acceptors (Lipinski definition) is 3. The molecule has 4 heteroatoms. The summed E-state index contributed by atoms with van der Waals surface area (Å²) in [5.41, 5.74) is 0.955. The van der Waals surface area contributed by atoms with Crippen LogP contribution in [0.1, 0.15) is 0 Å². The summed E-state index contributed by atoms with van der Waals surface area (Å²) < 4.78 is 1.04. The Morgan fingerprint density at radius 1 is 1.50 bits per heavy atom. The molecule has 62 valence electrons. The van der Waals surface area contributed by atoms with Gasteiger partial charge in [0.15, 0.2) is 5.13 Å². The molecule has 1 aromatic heterocycles. The van der Waals surface area contributed by atoms with Crippen molar-refractivity contribution in [2.24, 2.45) is 0 Å². The number of nitrogens with one attached hydrogen (secondary N) is 1. The van der Waals surface area contributed by atoms with Crippen LogP contribution in [0.2, 0.25) is 5.02 Å². The lowest BCUT2D eigenvalue weighted by molar-refractivity contribution is 1.41. The van der Waals surface area contributed by atoms with Crippen molar-refractivity contribution in [2.45, 2.75) is 0 Å². The van der Waals surface area contributed by atoms with Crippen LogP contribution in [0.3, 0.4) is 0 Å². The molecule has 1 heterocycles. The highest BCUT2D eigenvalue weighted by atomic mass is 35.5. The van der Waals surface area contributed by atoms with Crippen LogP contribution in [0.15, 0.2) is 18.2 Å². The summed E-state index contributed by atoms with van der Waals surface area (Å²) >= 11 is 7.54. The van der Waals surface area contributed by atoms with Gasteiger partial charge in [-0.1, -0.05) is 29.0 Å². The molecule has 0 spiro atoms. The Bertz CT molecular complexity index is 410. The standard InChI is InChI=1S/C8H7ClN2S/c1-10-8-11-6-4-2-3-5(9)7(6)12-8/h2-4H,1H3,(H,10,11). The summed E-state index contributed by atoms with van der Waals surface area (Å²) in [5, 5.41) is 4.66. The zero-order valence-electron chi connectivity index (χ0n) is 6.47. The van der Waals surface area contributed by atoms with Crippen molar-refractivity contribution in [3.05, 3.63) is 23.2 Å². The molecule has 0 bridgehead atoms. The highest BCUT2D eigenvalue weighted by Gasteiger charge is 2.04. The van der Waals surface area contributed by atoms with E-state index < -0.39 is 0 Å². The normalized spacial score (nSPS) is 10.5. The van der Waals surface area contributed by atoms with Crippen molar-refractivity contribution in [1.82, 2.24) is 4.98 Å². The van der Waals surface area contributed by atoms with E-state index in [1.807, 2.05) is 25.2 Å². The third-order valence-corrected chi connectivity index (χ3v) is 3.13. The van der Waals surface area contributed by atoms with Gasteiger partial charge in [0, 0.05) is 7.05 Å². The number of halogens is 1. The zero-order valence-corrected chi connectivity index (χ0v) is 8.04. The lowest BCUT2D eigenvalue weighted by Gasteiger charge is -1.87. The second-order valence-corrected chi connectivity index (χ2v) is 3.76. The van der Waals surface area contributed by atoms with E-state index in [9.17, 15) is 0 Å². The van der Waals surface area contributed by atoms with Gasteiger partial charge < -0.3 is 5.32 Å². The van der Waals surface area contributed by atoms with Crippen molar-refractivity contribution < 1.29 is 0 Å². The number of benzene rings is 1. The van der Waals surface area contributed by atoms with E-state index in [-0.39, 0.29) is 0 Å². The Morgan fingerprint density at radius 3 is 3.00 bits per heavy atom. The summed E-state index contributed by atoms with van der Waals surface area (Å²) in [7, 11) is 1.85. The number of thiazole rings is 1. The monoisotopic (exact) mass is 198 g/mol. The molecule has 2 nitrogen and oxygen atoms in total. The average Bonchev–Trinajstić information content (AvgIpc) is 2.49. The molecule has 0 amide bonds. The van der Waals surface area contributed by atoms with Crippen LogP contribution in [0.4, 0.5) is 5.13 Å². The molecule has 12 heavy (non-hydrogen) atoms. The van der Waals surface area contributed by atoms with Crippen LogP contribution < -0.4 is 5.32 Å². The number of aromatic nitrogens is 1. The number of rotatable bonds is 1. The largest absolute Gasteiger partial charge is 0.365 e. The van der Waals surface area contributed by atoms with Gasteiger partial charge in [0.2, 0.25) is 0 Å². The highest BCUT2D eigenvalue weighted by Crippen LogP contribution is 2.31. The molecule has 0 saturated heterocycles. The number of fused-ring (bicyclic) bond motifs is 1. The number of nitrogens with zero attached hydrogens (tertiary/aromatic N) is 1. The molecule has 0 fully saturated rings. The van der Waals surface area contributed by atoms with E-state index in [0.717, 1.165) is 20.4 Å². The maximum absolute atomic E-state index is 5.97. The second kappa shape index (κ2) is 2.92. The predicted octanol–water partition coefficient (Wildman–Crippen LogP) is 2.99. The van der Waals surface area contributed by atoms with E-state index in [0.29, 0.717) is 0 Å². The van der Waals surface area contributed by atoms with Gasteiger partial charge in [-0.3, -0.25) is 0 Å². The van der Waals surface area contributed by atoms with Gasteiger partial charge >= 0.3 is 0 Å². The number of hydrogen-bond donors (Lipinski definition) is 1. The molecule has 0 radical (unpaired) electrons. The van der Waals surface area contributed by atoms with Gasteiger partial charge in [-0.25, -0.2) is 4.98 Å². The van der Waals surface area contributed by atoms with Crippen LogP contribution in [-0.4, -0.2) is 12.0 Å². The smallest absolute Gasteiger partial charge is 0.183 e. The fourth-order valence-corrected chi connectivity index (χ4v) is 2.13. The van der Waals surface area contributed by atoms with Gasteiger partial charge in [0.05, 0.1) is 15.2 Å². The van der Waals surface area contributed by atoms with E-state index in [1.165, 1.54) is 0 Å². The van der Waals surface area contributed by atoms with Crippen LogP contribution in [-0.2, 0) is 0 Å². The third kappa shape index (κ3) is 1.15. The van der Waals surface area contributed by atoms with Crippen LogP contribution >= 0.6 is 22.9 Å². The first-order valence-electron chi connectivity index (χ1n) is 3.54. The van der Waals surface area contributed by atoms with E-state index >= 15 is 0 Å². The van der Waals surface area contributed by atoms with Crippen molar-refractivity contribution in [2.75, 3.05) is 12.4 Å². The number of anilines is 1. The van der Waals surface area contributed by atoms with Gasteiger partial charge in [-0.15, -0.1) is 0 Å². The minimum Gasteiger partial charge on any atom is -0.365 e. The molecule has 0 aliphatic rings. The molecular weight excluding hydrogens is 192 g/mol. The fraction of sp³-hybridized carbons (Fsp3) is 0.125. The van der Waals surface area contributed by atoms with Gasteiger partial charge in [0.1, 0.15) is 0 Å². The molecule has 0 aliphatic heterocycles. The summed E-state index contributed by atoms with van der Waals surface area (Å²) in [4.78, 5) is 4.31. The fourth-order valence-electron chi connectivity index (χ4n) is 1.02. The van der Waals surface area contributed by atoms with Crippen molar-refractivity contribution in [3.8, 4) is 0 Å². The van der Waals surface area contributed by atoms with Crippen LogP contribution in [0.25, 0.3) is 10.2 Å². The van der Waals surface area contributed by atoms with Crippen LogP contribution in [0.5, 0.6) is 0 Å². The van der Waals surface area contributed by atoms with E-state index in [4.69, 9.17) is 11.6 Å². The molecule has 0 saturated carbocycles. The predicted molar refractivity (Wildman–Crippen MR) is 54.2 cm³/mol. The minimum absolute atomic E-state index is 0.770. The zero-order chi connectivity index (χ0) is 8.55. The Balaban J connectivity index is 2.74. The maximum Gasteiger partial charge on any atom is 0.183 e. The van der Waals surface area contributed by atoms with E-state index in [2.05, 4.69) is 10.3 Å². The minimum atomic E-state index is 0.770. The summed E-state index contributed by atoms with van der Waals surface area (Å²) in [6.07, 6.45) is 0. The van der Waals surface area contributed by atoms with Gasteiger partial charge in [-0.05, 0) is 12.1 Å². The van der Waals surface area contributed by atoms with Crippen LogP contribution in [0, 0.1) is 0 Å². The molecule has 2 aromatic rings. The van der Waals surface area contributed by atoms with Crippen molar-refractivity contribution in [1.29, 1.82) is 0 Å². The van der Waals surface area contributed by atoms with Gasteiger partial charge in [0.25, 0.3) is 0 Å². The van der Waals surface area contributed by atoms with Crippen molar-refractivity contribution >= 4 is 38.3 Å². The summed E-state index contributed by atoms with van der Waals surface area (Å²) in [5.74, 6) is 0. The SMILES string of the molecule is CNc1nc2cccc(Cl)c2s1. The van der Waals surface area contributed by atoms with Crippen molar-refractivity contribution in [3.63, 3.8) is 0 Å². The van der Waals surface area contributed by atoms with E-state index in [1.54, 1.807) is 11.3 Å². The Morgan fingerprint density at radius 2 is 2.33 bits per heavy atom. The first-order chi connectivity index (χ1) is 5.81. The Labute approximate surface area is 79.2 Å². The third-order valence-electron chi connectivity index (χ3n) is 1.58. The average molecular weight is 199 g/mol. The molecule has 0 unspecified atom stereocenters. The Hall–Kier alpha value is -0.800. The lowest BCUT2D eigenvalue weighted by atomic mass is 10.3. The highest BCUT2D eigenvalue weighted by molar-refractivity contribution is 7.22. The first kappa shape index (κ1) is 7.83. The molecule has 0 aliphatic carbocycles. The topological polar surface area (TPSA) is 24.9 Å². The molecule has 2 rings (SSSR count). The Kier molecular flexibility index (Phi) is 1.90. The second-order valence-electron chi connectivity index (χ2n) is 2.36. The first-order valence-corrected chi connectivity index (χ1v) is 4.73.